The summed E-state index contributed by atoms with van der Waals surface area (Å²) in [4.78, 5) is 0. The van der Waals surface area contributed by atoms with Crippen molar-refractivity contribution in [1.29, 1.82) is 0 Å². The summed E-state index contributed by atoms with van der Waals surface area (Å²) in [5.74, 6) is 6.47. The Bertz CT molecular complexity index is 526. The molecule has 0 aromatic carbocycles. The normalized spacial score (nSPS) is 29.3. The molecular formula is C20H30O2. The van der Waals surface area contributed by atoms with Gasteiger partial charge in [-0.1, -0.05) is 68.9 Å². The summed E-state index contributed by atoms with van der Waals surface area (Å²) in [7, 11) is 0. The third-order valence-electron chi connectivity index (χ3n) is 4.75. The lowest BCUT2D eigenvalue weighted by atomic mass is 9.61. The SMILES string of the molecule is CC(C#C[C@]1(O)[C@@H](C)CCCC1(C)C)=CC=CC(C)=CCO. The number of hydrogen-bond acceptors (Lipinski definition) is 2. The van der Waals surface area contributed by atoms with E-state index in [2.05, 4.69) is 32.6 Å². The zero-order valence-electron chi connectivity index (χ0n) is 14.6. The summed E-state index contributed by atoms with van der Waals surface area (Å²) < 4.78 is 0. The molecule has 2 N–H and O–H groups in total. The van der Waals surface area contributed by atoms with Gasteiger partial charge >= 0.3 is 0 Å². The average Bonchev–Trinajstić information content (AvgIpc) is 2.43. The Labute approximate surface area is 135 Å². The lowest BCUT2D eigenvalue weighted by Crippen LogP contribution is -2.51. The summed E-state index contributed by atoms with van der Waals surface area (Å²) in [6.07, 6.45) is 10.7. The van der Waals surface area contributed by atoms with Gasteiger partial charge in [-0.15, -0.1) is 0 Å². The zero-order chi connectivity index (χ0) is 16.8. The third kappa shape index (κ3) is 4.60. The first-order chi connectivity index (χ1) is 10.2. The minimum atomic E-state index is -0.920. The van der Waals surface area contributed by atoms with Gasteiger partial charge in [-0.3, -0.25) is 0 Å². The fourth-order valence-electron chi connectivity index (χ4n) is 3.00. The Balaban J connectivity index is 2.89. The van der Waals surface area contributed by atoms with E-state index in [9.17, 15) is 5.11 Å². The van der Waals surface area contributed by atoms with Gasteiger partial charge in [-0.05, 0) is 38.2 Å². The van der Waals surface area contributed by atoms with Crippen molar-refractivity contribution in [2.75, 3.05) is 6.61 Å². The highest BCUT2D eigenvalue weighted by molar-refractivity contribution is 5.36. The van der Waals surface area contributed by atoms with E-state index in [1.165, 1.54) is 0 Å². The van der Waals surface area contributed by atoms with Gasteiger partial charge in [0.1, 0.15) is 5.60 Å². The molecular weight excluding hydrogens is 272 g/mol. The van der Waals surface area contributed by atoms with Crippen molar-refractivity contribution in [3.8, 4) is 11.8 Å². The van der Waals surface area contributed by atoms with E-state index in [0.717, 1.165) is 30.4 Å². The fraction of sp³-hybridized carbons (Fsp3) is 0.600. The van der Waals surface area contributed by atoms with E-state index in [1.807, 2.05) is 32.1 Å². The molecule has 122 valence electrons. The Hall–Kier alpha value is -1.30. The van der Waals surface area contributed by atoms with Crippen molar-refractivity contribution in [3.63, 3.8) is 0 Å². The highest BCUT2D eigenvalue weighted by atomic mass is 16.3. The molecule has 0 amide bonds. The highest BCUT2D eigenvalue weighted by Gasteiger charge is 2.48. The molecule has 1 aliphatic rings. The van der Waals surface area contributed by atoms with Crippen LogP contribution in [0.3, 0.4) is 0 Å². The molecule has 1 fully saturated rings. The van der Waals surface area contributed by atoms with E-state index in [4.69, 9.17) is 5.11 Å². The first-order valence-corrected chi connectivity index (χ1v) is 8.11. The highest BCUT2D eigenvalue weighted by Crippen LogP contribution is 2.46. The van der Waals surface area contributed by atoms with E-state index < -0.39 is 5.60 Å². The number of aliphatic hydroxyl groups excluding tert-OH is 1. The molecule has 0 aliphatic heterocycles. The smallest absolute Gasteiger partial charge is 0.133 e. The van der Waals surface area contributed by atoms with Crippen LogP contribution in [0.25, 0.3) is 0 Å². The van der Waals surface area contributed by atoms with Gasteiger partial charge in [-0.25, -0.2) is 0 Å². The molecule has 2 nitrogen and oxygen atoms in total. The minimum Gasteiger partial charge on any atom is -0.392 e. The van der Waals surface area contributed by atoms with E-state index in [0.29, 0.717) is 0 Å². The van der Waals surface area contributed by atoms with Gasteiger partial charge in [0, 0.05) is 5.41 Å². The number of aliphatic hydroxyl groups is 2. The first kappa shape index (κ1) is 18.7. The van der Waals surface area contributed by atoms with Crippen molar-refractivity contribution in [3.05, 3.63) is 35.5 Å². The summed E-state index contributed by atoms with van der Waals surface area (Å²) in [6, 6.07) is 0. The molecule has 2 heteroatoms. The maximum Gasteiger partial charge on any atom is 0.133 e. The minimum absolute atomic E-state index is 0.0542. The molecule has 0 bridgehead atoms. The van der Waals surface area contributed by atoms with Crippen LogP contribution in [0.2, 0.25) is 0 Å². The molecule has 1 saturated carbocycles. The van der Waals surface area contributed by atoms with Gasteiger partial charge in [0.05, 0.1) is 6.61 Å². The zero-order valence-corrected chi connectivity index (χ0v) is 14.6. The van der Waals surface area contributed by atoms with Crippen molar-refractivity contribution < 1.29 is 10.2 Å². The van der Waals surface area contributed by atoms with Gasteiger partial charge < -0.3 is 10.2 Å². The monoisotopic (exact) mass is 302 g/mol. The molecule has 22 heavy (non-hydrogen) atoms. The summed E-state index contributed by atoms with van der Waals surface area (Å²) in [5.41, 5.74) is 0.848. The topological polar surface area (TPSA) is 40.5 Å². The van der Waals surface area contributed by atoms with Crippen LogP contribution in [-0.2, 0) is 0 Å². The average molecular weight is 302 g/mol. The number of hydrogen-bond donors (Lipinski definition) is 2. The summed E-state index contributed by atoms with van der Waals surface area (Å²) in [6.45, 7) is 10.3. The van der Waals surface area contributed by atoms with Crippen LogP contribution in [0.4, 0.5) is 0 Å². The van der Waals surface area contributed by atoms with Crippen molar-refractivity contribution in [2.45, 2.75) is 59.5 Å². The summed E-state index contributed by atoms with van der Waals surface area (Å²) >= 11 is 0. The molecule has 0 heterocycles. The second-order valence-corrected chi connectivity index (χ2v) is 7.03. The lowest BCUT2D eigenvalue weighted by Gasteiger charge is -2.47. The van der Waals surface area contributed by atoms with Gasteiger partial charge in [0.15, 0.2) is 0 Å². The maximum absolute atomic E-state index is 11.0. The van der Waals surface area contributed by atoms with E-state index in [-0.39, 0.29) is 17.9 Å². The molecule has 0 saturated heterocycles. The van der Waals surface area contributed by atoms with Gasteiger partial charge in [0.2, 0.25) is 0 Å². The first-order valence-electron chi connectivity index (χ1n) is 8.11. The lowest BCUT2D eigenvalue weighted by molar-refractivity contribution is -0.0860. The van der Waals surface area contributed by atoms with Crippen LogP contribution in [0.5, 0.6) is 0 Å². The molecule has 0 aromatic heterocycles. The Morgan fingerprint density at radius 2 is 2.00 bits per heavy atom. The van der Waals surface area contributed by atoms with Crippen LogP contribution >= 0.6 is 0 Å². The van der Waals surface area contributed by atoms with Crippen molar-refractivity contribution in [2.24, 2.45) is 11.3 Å². The number of allylic oxidation sites excluding steroid dienone is 5. The second-order valence-electron chi connectivity index (χ2n) is 7.03. The Morgan fingerprint density at radius 3 is 2.59 bits per heavy atom. The molecule has 0 unspecified atom stereocenters. The van der Waals surface area contributed by atoms with Crippen molar-refractivity contribution >= 4 is 0 Å². The Kier molecular flexibility index (Phi) is 6.66. The van der Waals surface area contributed by atoms with Gasteiger partial charge in [0.25, 0.3) is 0 Å². The second kappa shape index (κ2) is 7.81. The molecule has 1 aliphatic carbocycles. The van der Waals surface area contributed by atoms with Crippen LogP contribution in [-0.4, -0.2) is 22.4 Å². The largest absolute Gasteiger partial charge is 0.392 e. The van der Waals surface area contributed by atoms with Crippen molar-refractivity contribution in [1.82, 2.24) is 0 Å². The van der Waals surface area contributed by atoms with Crippen LogP contribution in [0, 0.1) is 23.2 Å². The molecule has 0 spiro atoms. The standard InChI is InChI=1S/C20H30O2/c1-16(8-6-9-17(2)12-15-21)11-14-20(22)18(3)10-7-13-19(20,4)5/h6,8-9,12,18,21-22H,7,10,13,15H2,1-5H3/t18-,20-/m0/s1. The van der Waals surface area contributed by atoms with Crippen LogP contribution in [0.15, 0.2) is 35.5 Å². The fourth-order valence-corrected chi connectivity index (χ4v) is 3.00. The maximum atomic E-state index is 11.0. The van der Waals surface area contributed by atoms with E-state index >= 15 is 0 Å². The van der Waals surface area contributed by atoms with Gasteiger partial charge in [-0.2, -0.15) is 0 Å². The third-order valence-corrected chi connectivity index (χ3v) is 4.75. The Morgan fingerprint density at radius 1 is 1.32 bits per heavy atom. The predicted molar refractivity (Wildman–Crippen MR) is 93.3 cm³/mol. The van der Waals surface area contributed by atoms with Crippen LogP contribution < -0.4 is 0 Å². The van der Waals surface area contributed by atoms with E-state index in [1.54, 1.807) is 6.08 Å². The predicted octanol–water partition coefficient (Wildman–Crippen LogP) is 4.01. The number of rotatable bonds is 3. The molecule has 2 atom stereocenters. The summed E-state index contributed by atoms with van der Waals surface area (Å²) in [5, 5.41) is 19.8. The molecule has 0 radical (unpaired) electrons. The molecule has 1 rings (SSSR count). The quantitative estimate of drug-likeness (QED) is 0.611. The van der Waals surface area contributed by atoms with Crippen LogP contribution in [0.1, 0.15) is 53.9 Å². The molecule has 0 aromatic rings.